The third-order valence-corrected chi connectivity index (χ3v) is 13.8. The van der Waals surface area contributed by atoms with Crippen molar-refractivity contribution in [2.24, 2.45) is 0 Å². The van der Waals surface area contributed by atoms with Crippen LogP contribution in [0.5, 0.6) is 0 Å². The summed E-state index contributed by atoms with van der Waals surface area (Å²) in [6.07, 6.45) is 67.4. The van der Waals surface area contributed by atoms with Crippen molar-refractivity contribution in [1.29, 1.82) is 0 Å². The molecule has 0 aliphatic rings. The van der Waals surface area contributed by atoms with E-state index in [0.29, 0.717) is 25.9 Å². The maximum atomic E-state index is 12.5. The Morgan fingerprint density at radius 2 is 0.742 bits per heavy atom. The van der Waals surface area contributed by atoms with Gasteiger partial charge in [-0.2, -0.15) is 0 Å². The average molecular weight is 931 g/mol. The monoisotopic (exact) mass is 930 g/mol. The van der Waals surface area contributed by atoms with Gasteiger partial charge in [0.25, 0.3) is 0 Å². The number of rotatable bonds is 55. The van der Waals surface area contributed by atoms with Crippen LogP contribution in [0.2, 0.25) is 0 Å². The molecule has 0 radical (unpaired) electrons. The number of nitrogens with one attached hydrogen (secondary N) is 1. The summed E-state index contributed by atoms with van der Waals surface area (Å²) < 4.78 is 5.46. The fourth-order valence-corrected chi connectivity index (χ4v) is 9.22. The van der Waals surface area contributed by atoms with Gasteiger partial charge < -0.3 is 20.3 Å². The van der Waals surface area contributed by atoms with Crippen LogP contribution in [0, 0.1) is 0 Å². The number of esters is 1. The fourth-order valence-electron chi connectivity index (χ4n) is 9.22. The van der Waals surface area contributed by atoms with Gasteiger partial charge in [-0.15, -0.1) is 0 Å². The Labute approximate surface area is 411 Å². The van der Waals surface area contributed by atoms with Crippen molar-refractivity contribution in [3.8, 4) is 0 Å². The molecule has 0 heterocycles. The Balaban J connectivity index is 3.50. The van der Waals surface area contributed by atoms with Crippen molar-refractivity contribution >= 4 is 11.9 Å². The molecule has 0 bridgehead atoms. The predicted molar refractivity (Wildman–Crippen MR) is 287 cm³/mol. The summed E-state index contributed by atoms with van der Waals surface area (Å²) in [5.41, 5.74) is 0. The second-order valence-corrected chi connectivity index (χ2v) is 20.4. The molecule has 2 unspecified atom stereocenters. The van der Waals surface area contributed by atoms with Gasteiger partial charge in [-0.1, -0.05) is 276 Å². The third-order valence-electron chi connectivity index (χ3n) is 13.8. The molecule has 1 amide bonds. The zero-order valence-corrected chi connectivity index (χ0v) is 44.4. The van der Waals surface area contributed by atoms with Gasteiger partial charge in [-0.05, 0) is 57.8 Å². The van der Waals surface area contributed by atoms with E-state index >= 15 is 0 Å². The Morgan fingerprint density at radius 3 is 1.12 bits per heavy atom. The number of allylic oxidation sites excluding steroid dienone is 4. The third kappa shape index (κ3) is 51.7. The first-order valence-corrected chi connectivity index (χ1v) is 29.6. The summed E-state index contributed by atoms with van der Waals surface area (Å²) in [4.78, 5) is 24.5. The topological polar surface area (TPSA) is 95.9 Å². The molecule has 0 fully saturated rings. The second-order valence-electron chi connectivity index (χ2n) is 20.4. The highest BCUT2D eigenvalue weighted by Crippen LogP contribution is 2.17. The molecular weight excluding hydrogens is 815 g/mol. The number of carbonyl (C=O) groups excluding carboxylic acids is 2. The maximum Gasteiger partial charge on any atom is 0.305 e. The lowest BCUT2D eigenvalue weighted by Crippen LogP contribution is -2.45. The molecule has 0 saturated heterocycles. The molecule has 6 heteroatoms. The molecule has 0 aromatic heterocycles. The molecule has 0 saturated carbocycles. The minimum atomic E-state index is -0.679. The number of hydrogen-bond donors (Lipinski definition) is 3. The maximum absolute atomic E-state index is 12.5. The van der Waals surface area contributed by atoms with Crippen molar-refractivity contribution in [3.05, 3.63) is 24.3 Å². The number of aliphatic hydroxyl groups is 2. The molecular formula is C60H115NO5. The molecule has 0 aromatic carbocycles. The van der Waals surface area contributed by atoms with E-state index in [0.717, 1.165) is 77.0 Å². The van der Waals surface area contributed by atoms with Crippen LogP contribution in [-0.2, 0) is 14.3 Å². The van der Waals surface area contributed by atoms with Crippen LogP contribution in [0.15, 0.2) is 24.3 Å². The SMILES string of the molecule is CCCCCCCCCCCCCCCCCCCCC(O)C(CO)NC(=O)CCCCCCCC/C=C\C=C/CCCCCOC(=O)CCCCCCCCCCCCCCCCCC. The summed E-state index contributed by atoms with van der Waals surface area (Å²) in [6, 6.07) is -0.558. The number of ether oxygens (including phenoxy) is 1. The van der Waals surface area contributed by atoms with E-state index in [-0.39, 0.29) is 18.5 Å². The predicted octanol–water partition coefficient (Wildman–Crippen LogP) is 18.2. The Kier molecular flexibility index (Phi) is 54.5. The lowest BCUT2D eigenvalue weighted by atomic mass is 10.0. The standard InChI is InChI=1S/C60H115NO5/c1-3-5-7-9-11-13-15-17-19-21-22-24-28-32-36-40-44-48-52-58(63)57(56-62)61-59(64)53-49-45-41-37-33-29-25-23-27-31-35-39-43-47-51-55-66-60(65)54-50-46-42-38-34-30-26-20-18-16-14-12-10-8-6-4-2/h23,27,31,35,57-58,62-63H,3-22,24-26,28-30,32-34,36-56H2,1-2H3,(H,61,64)/b27-23-,35-31-. The van der Waals surface area contributed by atoms with Crippen molar-refractivity contribution < 1.29 is 24.5 Å². The molecule has 0 aromatic rings. The van der Waals surface area contributed by atoms with Gasteiger partial charge >= 0.3 is 5.97 Å². The van der Waals surface area contributed by atoms with Crippen LogP contribution in [0.3, 0.4) is 0 Å². The van der Waals surface area contributed by atoms with Gasteiger partial charge in [-0.25, -0.2) is 0 Å². The number of aliphatic hydroxyl groups excluding tert-OH is 2. The molecule has 0 spiro atoms. The van der Waals surface area contributed by atoms with Crippen LogP contribution in [-0.4, -0.2) is 47.4 Å². The van der Waals surface area contributed by atoms with Crippen molar-refractivity contribution in [1.82, 2.24) is 5.32 Å². The van der Waals surface area contributed by atoms with Crippen LogP contribution in [0.4, 0.5) is 0 Å². The van der Waals surface area contributed by atoms with Crippen LogP contribution in [0.1, 0.15) is 322 Å². The number of carbonyl (C=O) groups is 2. The van der Waals surface area contributed by atoms with Crippen LogP contribution in [0.25, 0.3) is 0 Å². The number of unbranched alkanes of at least 4 members (excludes halogenated alkanes) is 41. The highest BCUT2D eigenvalue weighted by Gasteiger charge is 2.20. The number of hydrogen-bond acceptors (Lipinski definition) is 5. The first-order chi connectivity index (χ1) is 32.5. The second kappa shape index (κ2) is 55.9. The van der Waals surface area contributed by atoms with Crippen LogP contribution >= 0.6 is 0 Å². The minimum absolute atomic E-state index is 0.0177. The highest BCUT2D eigenvalue weighted by molar-refractivity contribution is 5.76. The van der Waals surface area contributed by atoms with E-state index in [2.05, 4.69) is 43.5 Å². The Bertz CT molecular complexity index is 1030. The molecule has 6 nitrogen and oxygen atoms in total. The summed E-state index contributed by atoms with van der Waals surface area (Å²) in [5.74, 6) is -0.0726. The molecule has 0 rings (SSSR count). The van der Waals surface area contributed by atoms with Crippen molar-refractivity contribution in [2.75, 3.05) is 13.2 Å². The molecule has 0 aliphatic heterocycles. The van der Waals surface area contributed by atoms with Gasteiger partial charge in [0.15, 0.2) is 0 Å². The zero-order valence-electron chi connectivity index (χ0n) is 44.4. The lowest BCUT2D eigenvalue weighted by molar-refractivity contribution is -0.143. The minimum Gasteiger partial charge on any atom is -0.466 e. The first-order valence-electron chi connectivity index (χ1n) is 29.6. The number of amides is 1. The van der Waals surface area contributed by atoms with Gasteiger partial charge in [0.2, 0.25) is 5.91 Å². The fraction of sp³-hybridized carbons (Fsp3) is 0.900. The van der Waals surface area contributed by atoms with Gasteiger partial charge in [0.1, 0.15) is 0 Å². The van der Waals surface area contributed by atoms with Gasteiger partial charge in [0.05, 0.1) is 25.4 Å². The Hall–Kier alpha value is -1.66. The quantitative estimate of drug-likeness (QED) is 0.0321. The average Bonchev–Trinajstić information content (AvgIpc) is 3.32. The summed E-state index contributed by atoms with van der Waals surface area (Å²) in [5, 5.41) is 23.3. The molecule has 3 N–H and O–H groups in total. The van der Waals surface area contributed by atoms with E-state index in [1.807, 2.05) is 0 Å². The molecule has 390 valence electrons. The molecule has 66 heavy (non-hydrogen) atoms. The van der Waals surface area contributed by atoms with Gasteiger partial charge in [-0.3, -0.25) is 9.59 Å². The van der Waals surface area contributed by atoms with E-state index in [4.69, 9.17) is 4.74 Å². The lowest BCUT2D eigenvalue weighted by Gasteiger charge is -2.22. The normalized spacial score (nSPS) is 12.7. The van der Waals surface area contributed by atoms with E-state index in [9.17, 15) is 19.8 Å². The summed E-state index contributed by atoms with van der Waals surface area (Å²) in [6.45, 7) is 4.92. The van der Waals surface area contributed by atoms with Crippen LogP contribution < -0.4 is 5.32 Å². The first kappa shape index (κ1) is 64.3. The van der Waals surface area contributed by atoms with Crippen molar-refractivity contribution in [2.45, 2.75) is 334 Å². The van der Waals surface area contributed by atoms with E-state index in [1.165, 1.54) is 212 Å². The highest BCUT2D eigenvalue weighted by atomic mass is 16.5. The van der Waals surface area contributed by atoms with E-state index in [1.54, 1.807) is 0 Å². The molecule has 2 atom stereocenters. The van der Waals surface area contributed by atoms with Crippen molar-refractivity contribution in [3.63, 3.8) is 0 Å². The smallest absolute Gasteiger partial charge is 0.305 e. The summed E-state index contributed by atoms with van der Waals surface area (Å²) in [7, 11) is 0. The van der Waals surface area contributed by atoms with E-state index < -0.39 is 12.1 Å². The summed E-state index contributed by atoms with van der Waals surface area (Å²) >= 11 is 0. The zero-order chi connectivity index (χ0) is 47.9. The Morgan fingerprint density at radius 1 is 0.424 bits per heavy atom. The van der Waals surface area contributed by atoms with Gasteiger partial charge in [0, 0.05) is 12.8 Å². The molecule has 0 aliphatic carbocycles. The largest absolute Gasteiger partial charge is 0.466 e.